The molecule has 0 atom stereocenters. The topological polar surface area (TPSA) is 88.9 Å². The number of hydrogen-bond acceptors (Lipinski definition) is 4. The summed E-state index contributed by atoms with van der Waals surface area (Å²) in [5.74, 6) is -0.903. The Balaban J connectivity index is 1.49. The van der Waals surface area contributed by atoms with Gasteiger partial charge in [0, 0.05) is 30.2 Å². The van der Waals surface area contributed by atoms with Gasteiger partial charge in [0.25, 0.3) is 5.91 Å². The van der Waals surface area contributed by atoms with Gasteiger partial charge in [-0.05, 0) is 42.0 Å². The number of nitrogens with zero attached hydrogens (tertiary/aromatic N) is 3. The third kappa shape index (κ3) is 4.73. The Morgan fingerprint density at radius 3 is 2.50 bits per heavy atom. The SMILES string of the molecule is O=C(CNC(=O)c1ccc(F)cc1)Nc1ccn(Cc2ccncc2)n1. The third-order valence-corrected chi connectivity index (χ3v) is 3.52. The predicted octanol–water partition coefficient (Wildman–Crippen LogP) is 1.83. The molecule has 0 unspecified atom stereocenters. The summed E-state index contributed by atoms with van der Waals surface area (Å²) in [4.78, 5) is 27.8. The highest BCUT2D eigenvalue weighted by Crippen LogP contribution is 2.06. The lowest BCUT2D eigenvalue weighted by Gasteiger charge is -2.05. The number of anilines is 1. The van der Waals surface area contributed by atoms with Gasteiger partial charge in [0.1, 0.15) is 5.82 Å². The van der Waals surface area contributed by atoms with E-state index in [1.807, 2.05) is 12.1 Å². The minimum Gasteiger partial charge on any atom is -0.343 e. The van der Waals surface area contributed by atoms with Gasteiger partial charge >= 0.3 is 0 Å². The second-order valence-electron chi connectivity index (χ2n) is 5.49. The molecule has 0 aliphatic rings. The lowest BCUT2D eigenvalue weighted by atomic mass is 10.2. The van der Waals surface area contributed by atoms with E-state index < -0.39 is 17.6 Å². The fourth-order valence-corrected chi connectivity index (χ4v) is 2.24. The maximum atomic E-state index is 12.8. The lowest BCUT2D eigenvalue weighted by Crippen LogP contribution is -2.32. The summed E-state index contributed by atoms with van der Waals surface area (Å²) < 4.78 is 14.5. The van der Waals surface area contributed by atoms with Crippen molar-refractivity contribution in [2.45, 2.75) is 6.54 Å². The minimum absolute atomic E-state index is 0.215. The Bertz CT molecular complexity index is 893. The van der Waals surface area contributed by atoms with Gasteiger partial charge in [0.2, 0.25) is 5.91 Å². The van der Waals surface area contributed by atoms with Crippen LogP contribution in [0.4, 0.5) is 10.2 Å². The van der Waals surface area contributed by atoms with E-state index in [0.29, 0.717) is 12.4 Å². The minimum atomic E-state index is -0.455. The van der Waals surface area contributed by atoms with Crippen LogP contribution in [-0.2, 0) is 11.3 Å². The molecule has 0 saturated heterocycles. The molecule has 0 aliphatic carbocycles. The summed E-state index contributed by atoms with van der Waals surface area (Å²) in [5.41, 5.74) is 1.31. The highest BCUT2D eigenvalue weighted by atomic mass is 19.1. The van der Waals surface area contributed by atoms with Crippen molar-refractivity contribution in [1.29, 1.82) is 0 Å². The van der Waals surface area contributed by atoms with E-state index in [2.05, 4.69) is 20.7 Å². The maximum Gasteiger partial charge on any atom is 0.251 e. The highest BCUT2D eigenvalue weighted by Gasteiger charge is 2.09. The van der Waals surface area contributed by atoms with E-state index in [9.17, 15) is 14.0 Å². The number of pyridine rings is 1. The zero-order valence-electron chi connectivity index (χ0n) is 13.7. The van der Waals surface area contributed by atoms with Gasteiger partial charge in [0.15, 0.2) is 5.82 Å². The second kappa shape index (κ2) is 8.02. The van der Waals surface area contributed by atoms with Crippen molar-refractivity contribution in [3.8, 4) is 0 Å². The molecule has 0 radical (unpaired) electrons. The van der Waals surface area contributed by atoms with Crippen molar-refractivity contribution < 1.29 is 14.0 Å². The summed E-state index contributed by atoms with van der Waals surface area (Å²) in [6.07, 6.45) is 5.14. The largest absolute Gasteiger partial charge is 0.343 e. The third-order valence-electron chi connectivity index (χ3n) is 3.52. The van der Waals surface area contributed by atoms with Crippen molar-refractivity contribution in [1.82, 2.24) is 20.1 Å². The van der Waals surface area contributed by atoms with Gasteiger partial charge < -0.3 is 10.6 Å². The Morgan fingerprint density at radius 2 is 1.77 bits per heavy atom. The number of benzene rings is 1. The van der Waals surface area contributed by atoms with Crippen molar-refractivity contribution in [3.63, 3.8) is 0 Å². The van der Waals surface area contributed by atoms with Crippen LogP contribution in [0.5, 0.6) is 0 Å². The monoisotopic (exact) mass is 353 g/mol. The second-order valence-corrected chi connectivity index (χ2v) is 5.49. The zero-order chi connectivity index (χ0) is 18.4. The van der Waals surface area contributed by atoms with Crippen molar-refractivity contribution in [3.05, 3.63) is 78.0 Å². The number of rotatable bonds is 6. The van der Waals surface area contributed by atoms with Crippen LogP contribution >= 0.6 is 0 Å². The molecule has 132 valence electrons. The summed E-state index contributed by atoms with van der Waals surface area (Å²) in [6, 6.07) is 10.5. The van der Waals surface area contributed by atoms with Crippen molar-refractivity contribution in [2.75, 3.05) is 11.9 Å². The molecule has 3 aromatic rings. The van der Waals surface area contributed by atoms with Crippen LogP contribution in [0.3, 0.4) is 0 Å². The summed E-state index contributed by atoms with van der Waals surface area (Å²) in [7, 11) is 0. The zero-order valence-corrected chi connectivity index (χ0v) is 13.7. The number of nitrogens with one attached hydrogen (secondary N) is 2. The molecule has 0 spiro atoms. The van der Waals surface area contributed by atoms with Gasteiger partial charge in [-0.15, -0.1) is 0 Å². The molecule has 2 amide bonds. The first-order valence-electron chi connectivity index (χ1n) is 7.86. The fraction of sp³-hybridized carbons (Fsp3) is 0.111. The van der Waals surface area contributed by atoms with Crippen LogP contribution in [0.15, 0.2) is 61.1 Å². The smallest absolute Gasteiger partial charge is 0.251 e. The molecule has 2 N–H and O–H groups in total. The van der Waals surface area contributed by atoms with Gasteiger partial charge in [-0.25, -0.2) is 4.39 Å². The molecule has 7 nitrogen and oxygen atoms in total. The van der Waals surface area contributed by atoms with Gasteiger partial charge in [-0.2, -0.15) is 5.10 Å². The van der Waals surface area contributed by atoms with E-state index in [4.69, 9.17) is 0 Å². The number of aromatic nitrogens is 3. The molecule has 0 bridgehead atoms. The van der Waals surface area contributed by atoms with Crippen LogP contribution in [0.2, 0.25) is 0 Å². The lowest BCUT2D eigenvalue weighted by molar-refractivity contribution is -0.115. The molecular weight excluding hydrogens is 337 g/mol. The average molecular weight is 353 g/mol. The molecule has 0 fully saturated rings. The quantitative estimate of drug-likeness (QED) is 0.708. The summed E-state index contributed by atoms with van der Waals surface area (Å²) in [5, 5.41) is 9.33. The predicted molar refractivity (Wildman–Crippen MR) is 92.9 cm³/mol. The van der Waals surface area contributed by atoms with E-state index in [-0.39, 0.29) is 12.1 Å². The summed E-state index contributed by atoms with van der Waals surface area (Å²) in [6.45, 7) is 0.340. The van der Waals surface area contributed by atoms with E-state index >= 15 is 0 Å². The van der Waals surface area contributed by atoms with Crippen LogP contribution in [0.1, 0.15) is 15.9 Å². The molecule has 3 rings (SSSR count). The molecule has 26 heavy (non-hydrogen) atoms. The Hall–Kier alpha value is -3.55. The average Bonchev–Trinajstić information content (AvgIpc) is 3.08. The highest BCUT2D eigenvalue weighted by molar-refractivity contribution is 5.98. The van der Waals surface area contributed by atoms with Crippen LogP contribution < -0.4 is 10.6 Å². The molecule has 0 aliphatic heterocycles. The Morgan fingerprint density at radius 1 is 1.04 bits per heavy atom. The maximum absolute atomic E-state index is 12.8. The van der Waals surface area contributed by atoms with Crippen LogP contribution in [-0.4, -0.2) is 33.1 Å². The van der Waals surface area contributed by atoms with E-state index in [1.54, 1.807) is 29.3 Å². The van der Waals surface area contributed by atoms with Crippen LogP contribution in [0.25, 0.3) is 0 Å². The molecule has 1 aromatic carbocycles. The molecule has 2 heterocycles. The van der Waals surface area contributed by atoms with Crippen LogP contribution in [0, 0.1) is 5.82 Å². The number of carbonyl (C=O) groups excluding carboxylic acids is 2. The summed E-state index contributed by atoms with van der Waals surface area (Å²) >= 11 is 0. The first-order valence-corrected chi connectivity index (χ1v) is 7.86. The van der Waals surface area contributed by atoms with Gasteiger partial charge in [0.05, 0.1) is 13.1 Å². The first kappa shape index (κ1) is 17.3. The molecular formula is C18H16FN5O2. The first-order chi connectivity index (χ1) is 12.6. The molecule has 8 heteroatoms. The van der Waals surface area contributed by atoms with Crippen molar-refractivity contribution in [2.24, 2.45) is 0 Å². The Labute approximate surface area is 148 Å². The standard InChI is InChI=1S/C18H16FN5O2/c19-15-3-1-14(2-4-15)18(26)21-11-17(25)22-16-7-10-24(23-16)12-13-5-8-20-9-6-13/h1-10H,11-12H2,(H,21,26)(H,22,23,25). The van der Waals surface area contributed by atoms with Gasteiger partial charge in [-0.1, -0.05) is 0 Å². The van der Waals surface area contributed by atoms with Crippen molar-refractivity contribution >= 4 is 17.6 Å². The molecule has 2 aromatic heterocycles. The normalized spacial score (nSPS) is 10.3. The fourth-order valence-electron chi connectivity index (χ4n) is 2.24. The number of carbonyl (C=O) groups is 2. The Kier molecular flexibility index (Phi) is 5.33. The van der Waals surface area contributed by atoms with E-state index in [0.717, 1.165) is 5.56 Å². The number of halogens is 1. The number of amides is 2. The van der Waals surface area contributed by atoms with Gasteiger partial charge in [-0.3, -0.25) is 19.3 Å². The van der Waals surface area contributed by atoms with E-state index in [1.165, 1.54) is 24.3 Å². The molecule has 0 saturated carbocycles. The number of hydrogen-bond donors (Lipinski definition) is 2.